The van der Waals surface area contributed by atoms with Crippen LogP contribution in [0.4, 0.5) is 4.39 Å². The van der Waals surface area contributed by atoms with Crippen molar-refractivity contribution >= 4 is 11.6 Å². The molecule has 0 atom stereocenters. The third-order valence-corrected chi connectivity index (χ3v) is 3.78. The molecule has 1 aromatic heterocycles. The van der Waals surface area contributed by atoms with E-state index in [1.165, 1.54) is 10.9 Å². The molecule has 1 heterocycles. The molecule has 0 saturated heterocycles. The molecule has 0 fully saturated rings. The molecule has 5 nitrogen and oxygen atoms in total. The van der Waals surface area contributed by atoms with Crippen molar-refractivity contribution in [2.45, 2.75) is 39.5 Å². The molecule has 0 radical (unpaired) electrons. The Morgan fingerprint density at radius 2 is 1.76 bits per heavy atom. The summed E-state index contributed by atoms with van der Waals surface area (Å²) in [5.74, 6) is 0.252. The van der Waals surface area contributed by atoms with Crippen LogP contribution in [0, 0.1) is 0 Å². The molecule has 0 aliphatic carbocycles. The van der Waals surface area contributed by atoms with Gasteiger partial charge in [0, 0.05) is 0 Å². The van der Waals surface area contributed by atoms with E-state index < -0.39 is 12.2 Å². The lowest BCUT2D eigenvalue weighted by Crippen LogP contribution is -2.36. The van der Waals surface area contributed by atoms with Crippen LogP contribution < -0.4 is 10.3 Å². The molecule has 136 valence electrons. The van der Waals surface area contributed by atoms with Crippen molar-refractivity contribution in [1.29, 1.82) is 0 Å². The highest BCUT2D eigenvalue weighted by Gasteiger charge is 2.19. The first-order chi connectivity index (χ1) is 11.8. The van der Waals surface area contributed by atoms with Gasteiger partial charge in [0.2, 0.25) is 0 Å². The minimum Gasteiger partial charge on any atom is -0.485 e. The Morgan fingerprint density at radius 1 is 1.16 bits per heavy atom. The maximum Gasteiger partial charge on any atom is 0.289 e. The molecule has 0 saturated carbocycles. The molecule has 0 amide bonds. The van der Waals surface area contributed by atoms with Gasteiger partial charge in [0.1, 0.15) is 13.3 Å². The van der Waals surface area contributed by atoms with Crippen molar-refractivity contribution in [3.05, 3.63) is 57.0 Å². The highest BCUT2D eigenvalue weighted by Crippen LogP contribution is 2.21. The van der Waals surface area contributed by atoms with E-state index >= 15 is 0 Å². The maximum atomic E-state index is 12.3. The summed E-state index contributed by atoms with van der Waals surface area (Å²) in [4.78, 5) is 12.3. The van der Waals surface area contributed by atoms with E-state index in [0.29, 0.717) is 6.61 Å². The summed E-state index contributed by atoms with van der Waals surface area (Å²) in [7, 11) is 0. The number of halogens is 2. The van der Waals surface area contributed by atoms with Gasteiger partial charge < -0.3 is 9.47 Å². The average molecular weight is 369 g/mol. The van der Waals surface area contributed by atoms with Gasteiger partial charge in [0.25, 0.3) is 5.56 Å². The lowest BCUT2D eigenvalue weighted by molar-refractivity contribution is 0.106. The summed E-state index contributed by atoms with van der Waals surface area (Å²) in [6, 6.07) is 7.53. The SMILES string of the molecule is CC(C)(C)n1ncc(OCc2ccc(COCCF)cc2)c(Cl)c1=O. The molecule has 25 heavy (non-hydrogen) atoms. The van der Waals surface area contributed by atoms with Gasteiger partial charge in [-0.2, -0.15) is 5.10 Å². The summed E-state index contributed by atoms with van der Waals surface area (Å²) in [6.45, 7) is 5.84. The van der Waals surface area contributed by atoms with Gasteiger partial charge in [-0.05, 0) is 31.9 Å². The second-order valence-electron chi connectivity index (χ2n) is 6.56. The second kappa shape index (κ2) is 8.45. The lowest BCUT2D eigenvalue weighted by Gasteiger charge is -2.21. The molecule has 1 aromatic carbocycles. The highest BCUT2D eigenvalue weighted by atomic mass is 35.5. The number of hydrogen-bond donors (Lipinski definition) is 0. The van der Waals surface area contributed by atoms with Crippen LogP contribution in [0.1, 0.15) is 31.9 Å². The number of ether oxygens (including phenoxy) is 2. The molecule has 2 aromatic rings. The van der Waals surface area contributed by atoms with Gasteiger partial charge in [-0.15, -0.1) is 0 Å². The first-order valence-corrected chi connectivity index (χ1v) is 8.33. The Morgan fingerprint density at radius 3 is 2.32 bits per heavy atom. The van der Waals surface area contributed by atoms with Gasteiger partial charge in [-0.25, -0.2) is 9.07 Å². The summed E-state index contributed by atoms with van der Waals surface area (Å²) in [5.41, 5.74) is 1.02. The number of alkyl halides is 1. The summed E-state index contributed by atoms with van der Waals surface area (Å²) in [6.07, 6.45) is 1.45. The Labute approximate surface area is 151 Å². The third-order valence-electron chi connectivity index (χ3n) is 3.43. The fourth-order valence-corrected chi connectivity index (χ4v) is 2.32. The van der Waals surface area contributed by atoms with Crippen LogP contribution in [0.2, 0.25) is 5.02 Å². The van der Waals surface area contributed by atoms with Gasteiger partial charge in [0.05, 0.1) is 24.9 Å². The highest BCUT2D eigenvalue weighted by molar-refractivity contribution is 6.31. The predicted octanol–water partition coefficient (Wildman–Crippen LogP) is 3.72. The van der Waals surface area contributed by atoms with E-state index in [-0.39, 0.29) is 29.5 Å². The van der Waals surface area contributed by atoms with Crippen LogP contribution in [0.15, 0.2) is 35.3 Å². The lowest BCUT2D eigenvalue weighted by atomic mass is 10.1. The monoisotopic (exact) mass is 368 g/mol. The molecular weight excluding hydrogens is 347 g/mol. The van der Waals surface area contributed by atoms with Gasteiger partial charge in [-0.1, -0.05) is 35.9 Å². The standard InChI is InChI=1S/C18H22ClFN2O3/c1-18(2,3)22-17(23)16(19)15(10-21-22)25-12-14-6-4-13(5-7-14)11-24-9-8-20/h4-7,10H,8-9,11-12H2,1-3H3. The van der Waals surface area contributed by atoms with E-state index in [1.807, 2.05) is 45.0 Å². The number of aromatic nitrogens is 2. The fraction of sp³-hybridized carbons (Fsp3) is 0.444. The molecule has 0 aliphatic rings. The summed E-state index contributed by atoms with van der Waals surface area (Å²) in [5, 5.41) is 4.14. The van der Waals surface area contributed by atoms with Gasteiger partial charge in [-0.3, -0.25) is 4.79 Å². The number of rotatable bonds is 7. The first-order valence-electron chi connectivity index (χ1n) is 7.95. The number of benzene rings is 1. The van der Waals surface area contributed by atoms with Crippen molar-refractivity contribution in [3.63, 3.8) is 0 Å². The van der Waals surface area contributed by atoms with E-state index in [2.05, 4.69) is 5.10 Å². The second-order valence-corrected chi connectivity index (χ2v) is 6.94. The molecule has 0 N–H and O–H groups in total. The molecule has 2 rings (SSSR count). The van der Waals surface area contributed by atoms with Crippen molar-refractivity contribution in [1.82, 2.24) is 9.78 Å². The fourth-order valence-electron chi connectivity index (χ4n) is 2.13. The van der Waals surface area contributed by atoms with E-state index in [1.54, 1.807) is 0 Å². The molecular formula is C18H22ClFN2O3. The van der Waals surface area contributed by atoms with Crippen LogP contribution in [0.3, 0.4) is 0 Å². The topological polar surface area (TPSA) is 53.4 Å². The van der Waals surface area contributed by atoms with Crippen LogP contribution in [-0.4, -0.2) is 23.1 Å². The van der Waals surface area contributed by atoms with Crippen molar-refractivity contribution in [3.8, 4) is 5.75 Å². The largest absolute Gasteiger partial charge is 0.485 e. The molecule has 0 unspecified atom stereocenters. The first kappa shape index (κ1) is 19.4. The zero-order chi connectivity index (χ0) is 18.4. The van der Waals surface area contributed by atoms with Crippen molar-refractivity contribution < 1.29 is 13.9 Å². The molecule has 0 bridgehead atoms. The number of nitrogens with zero attached hydrogens (tertiary/aromatic N) is 2. The molecule has 0 spiro atoms. The zero-order valence-corrected chi connectivity index (χ0v) is 15.3. The minimum absolute atomic E-state index is 0.0150. The Kier molecular flexibility index (Phi) is 6.56. The quantitative estimate of drug-likeness (QED) is 0.699. The Balaban J connectivity index is 2.02. The maximum absolute atomic E-state index is 12.3. The normalized spacial score (nSPS) is 11.6. The summed E-state index contributed by atoms with van der Waals surface area (Å²) < 4.78 is 24.1. The molecule has 7 heteroatoms. The van der Waals surface area contributed by atoms with Crippen LogP contribution in [-0.2, 0) is 23.5 Å². The zero-order valence-electron chi connectivity index (χ0n) is 14.6. The van der Waals surface area contributed by atoms with Gasteiger partial charge >= 0.3 is 0 Å². The predicted molar refractivity (Wildman–Crippen MR) is 94.9 cm³/mol. The van der Waals surface area contributed by atoms with Crippen molar-refractivity contribution in [2.75, 3.05) is 13.3 Å². The third kappa shape index (κ3) is 5.28. The van der Waals surface area contributed by atoms with Gasteiger partial charge in [0.15, 0.2) is 10.8 Å². The Bertz CT molecular complexity index is 754. The smallest absolute Gasteiger partial charge is 0.289 e. The average Bonchev–Trinajstić information content (AvgIpc) is 2.56. The minimum atomic E-state index is -0.491. The molecule has 0 aliphatic heterocycles. The van der Waals surface area contributed by atoms with Crippen LogP contribution >= 0.6 is 11.6 Å². The van der Waals surface area contributed by atoms with E-state index in [4.69, 9.17) is 21.1 Å². The van der Waals surface area contributed by atoms with Crippen LogP contribution in [0.25, 0.3) is 0 Å². The Hall–Kier alpha value is -1.92. The van der Waals surface area contributed by atoms with Crippen molar-refractivity contribution in [2.24, 2.45) is 0 Å². The van der Waals surface area contributed by atoms with E-state index in [9.17, 15) is 9.18 Å². The van der Waals surface area contributed by atoms with Crippen LogP contribution in [0.5, 0.6) is 5.75 Å². The number of hydrogen-bond acceptors (Lipinski definition) is 4. The summed E-state index contributed by atoms with van der Waals surface area (Å²) >= 11 is 6.12. The van der Waals surface area contributed by atoms with E-state index in [0.717, 1.165) is 11.1 Å².